The Morgan fingerprint density at radius 1 is 1.35 bits per heavy atom. The summed E-state index contributed by atoms with van der Waals surface area (Å²) in [6.07, 6.45) is 7.85. The van der Waals surface area contributed by atoms with Gasteiger partial charge < -0.3 is 0 Å². The Morgan fingerprint density at radius 2 is 2.26 bits per heavy atom. The van der Waals surface area contributed by atoms with Crippen LogP contribution >= 0.6 is 0 Å². The third-order valence-corrected chi connectivity index (χ3v) is 5.87. The van der Waals surface area contributed by atoms with Gasteiger partial charge in [-0.05, 0) is 0 Å². The van der Waals surface area contributed by atoms with Crippen molar-refractivity contribution in [1.29, 1.82) is 0 Å². The van der Waals surface area contributed by atoms with Crippen molar-refractivity contribution in [3.63, 3.8) is 0 Å². The van der Waals surface area contributed by atoms with Crippen LogP contribution in [-0.4, -0.2) is 51.0 Å². The van der Waals surface area contributed by atoms with Gasteiger partial charge in [0.05, 0.1) is 0 Å². The summed E-state index contributed by atoms with van der Waals surface area (Å²) in [5.41, 5.74) is 2.31. The van der Waals surface area contributed by atoms with Gasteiger partial charge in [0.2, 0.25) is 0 Å². The first-order valence-corrected chi connectivity index (χ1v) is 9.58. The second kappa shape index (κ2) is 7.36. The number of carbonyl (C=O) groups excluding carboxylic acids is 1. The summed E-state index contributed by atoms with van der Waals surface area (Å²) >= 11 is -0.917. The fraction of sp³-hybridized carbons (Fsp3) is 0.125. The zero-order chi connectivity index (χ0) is 16.1. The van der Waals surface area contributed by atoms with Crippen molar-refractivity contribution >= 4 is 37.5 Å². The number of rotatable bonds is 6. The Balaban J connectivity index is 1.80. The Kier molecular flexibility index (Phi) is 5.01. The standard InChI is InChI=1S/C16H13N3O3.Sn/c1-21-16-8-13(10-20)15(9-19-16)22-11-12-4-3-7-18-14(12)5-2-6-17;/h2-4,6-10H,11H2,1H3;/q-1;+1. The number of methoxy groups -OCH3 is 1. The summed E-state index contributed by atoms with van der Waals surface area (Å²) in [4.78, 5) is 19.7. The fourth-order valence-corrected chi connectivity index (χ4v) is 4.30. The van der Waals surface area contributed by atoms with Crippen LogP contribution in [0.1, 0.15) is 21.6 Å². The summed E-state index contributed by atoms with van der Waals surface area (Å²) in [6.45, 7) is 0.314. The SMILES string of the molecule is COc1cc(C=O)c(OCc2cccnc2[C]2=CC=[N][Sn]2)cn1. The number of hydrogen-bond donors (Lipinski definition) is 0. The average Bonchev–Trinajstić information content (AvgIpc) is 3.14. The van der Waals surface area contributed by atoms with Gasteiger partial charge in [0.1, 0.15) is 0 Å². The zero-order valence-electron chi connectivity index (χ0n) is 12.4. The molecule has 2 radical (unpaired) electrons. The van der Waals surface area contributed by atoms with Crippen LogP contribution < -0.4 is 9.47 Å². The predicted molar refractivity (Wildman–Crippen MR) is 87.0 cm³/mol. The molecule has 0 fully saturated rings. The molecule has 0 unspecified atom stereocenters. The molecule has 1 aliphatic heterocycles. The molecule has 0 aliphatic carbocycles. The monoisotopic (exact) mass is 415 g/mol. The van der Waals surface area contributed by atoms with E-state index in [2.05, 4.69) is 13.2 Å². The van der Waals surface area contributed by atoms with E-state index in [9.17, 15) is 4.79 Å². The van der Waals surface area contributed by atoms with Crippen LogP contribution in [0.2, 0.25) is 0 Å². The first kappa shape index (κ1) is 15.7. The van der Waals surface area contributed by atoms with Crippen LogP contribution in [0.25, 0.3) is 3.59 Å². The van der Waals surface area contributed by atoms with E-state index in [1.165, 1.54) is 16.9 Å². The second-order valence-electron chi connectivity index (χ2n) is 4.65. The maximum atomic E-state index is 11.2. The van der Waals surface area contributed by atoms with Gasteiger partial charge in [-0.1, -0.05) is 0 Å². The number of aromatic nitrogens is 2. The normalized spacial score (nSPS) is 12.8. The van der Waals surface area contributed by atoms with Gasteiger partial charge in [-0.2, -0.15) is 0 Å². The molecule has 0 saturated carbocycles. The number of carbonyl (C=O) groups is 1. The molecule has 7 heteroatoms. The predicted octanol–water partition coefficient (Wildman–Crippen LogP) is 1.92. The molecule has 6 nitrogen and oxygen atoms in total. The molecule has 2 aromatic rings. The van der Waals surface area contributed by atoms with Gasteiger partial charge in [-0.25, -0.2) is 0 Å². The number of pyridine rings is 2. The average molecular weight is 414 g/mol. The van der Waals surface area contributed by atoms with Crippen LogP contribution in [0, 0.1) is 0 Å². The van der Waals surface area contributed by atoms with Crippen molar-refractivity contribution in [2.24, 2.45) is 3.21 Å². The van der Waals surface area contributed by atoms with Crippen molar-refractivity contribution < 1.29 is 14.3 Å². The van der Waals surface area contributed by atoms with E-state index >= 15 is 0 Å². The van der Waals surface area contributed by atoms with Crippen LogP contribution in [0.5, 0.6) is 11.6 Å². The van der Waals surface area contributed by atoms with E-state index in [0.717, 1.165) is 17.5 Å². The molecule has 0 spiro atoms. The van der Waals surface area contributed by atoms with Gasteiger partial charge in [0.25, 0.3) is 0 Å². The number of aldehydes is 1. The number of nitrogens with zero attached hydrogens (tertiary/aromatic N) is 3. The molecule has 2 aromatic heterocycles. The van der Waals surface area contributed by atoms with Crippen molar-refractivity contribution in [1.82, 2.24) is 9.97 Å². The first-order chi connectivity index (χ1) is 11.3. The molecular weight excluding hydrogens is 401 g/mol. The van der Waals surface area contributed by atoms with Crippen molar-refractivity contribution in [2.45, 2.75) is 6.61 Å². The fourth-order valence-electron chi connectivity index (χ4n) is 2.10. The third-order valence-electron chi connectivity index (χ3n) is 3.24. The molecule has 0 amide bonds. The molecule has 23 heavy (non-hydrogen) atoms. The molecule has 0 saturated heterocycles. The summed E-state index contributed by atoms with van der Waals surface area (Å²) in [5.74, 6) is 0.800. The number of ether oxygens (including phenoxy) is 2. The minimum absolute atomic E-state index is 0.314. The molecule has 1 aliphatic rings. The zero-order valence-corrected chi connectivity index (χ0v) is 15.2. The van der Waals surface area contributed by atoms with Gasteiger partial charge >= 0.3 is 144 Å². The summed E-state index contributed by atoms with van der Waals surface area (Å²) in [7, 11) is 1.50. The van der Waals surface area contributed by atoms with Gasteiger partial charge in [0.15, 0.2) is 0 Å². The molecule has 3 rings (SSSR count). The van der Waals surface area contributed by atoms with E-state index in [0.29, 0.717) is 23.8 Å². The van der Waals surface area contributed by atoms with E-state index < -0.39 is 21.4 Å². The van der Waals surface area contributed by atoms with E-state index in [4.69, 9.17) is 9.47 Å². The topological polar surface area (TPSA) is 73.7 Å². The van der Waals surface area contributed by atoms with Gasteiger partial charge in [0, 0.05) is 0 Å². The number of allylic oxidation sites excluding steroid dienone is 1. The molecule has 0 N–H and O–H groups in total. The molecule has 114 valence electrons. The molecule has 0 bridgehead atoms. The quantitative estimate of drug-likeness (QED) is 0.534. The summed E-state index contributed by atoms with van der Waals surface area (Å²) in [5, 5.41) is 0. The van der Waals surface area contributed by atoms with E-state index in [-0.39, 0.29) is 0 Å². The number of hydrogen-bond acceptors (Lipinski definition) is 6. The Hall–Kier alpha value is -2.22. The second-order valence-corrected chi connectivity index (χ2v) is 7.57. The van der Waals surface area contributed by atoms with Crippen LogP contribution in [0.4, 0.5) is 0 Å². The Bertz CT molecular complexity index is 790. The summed E-state index contributed by atoms with van der Waals surface area (Å²) in [6, 6.07) is 5.39. The Labute approximate surface area is 143 Å². The molecule has 3 heterocycles. The van der Waals surface area contributed by atoms with Crippen molar-refractivity contribution in [3.05, 3.63) is 53.5 Å². The van der Waals surface area contributed by atoms with E-state index in [1.807, 2.05) is 24.4 Å². The van der Waals surface area contributed by atoms with Crippen LogP contribution in [0.3, 0.4) is 0 Å². The minimum atomic E-state index is -0.917. The molecular formula is C16H13N3O3Sn. The van der Waals surface area contributed by atoms with E-state index in [1.54, 1.807) is 12.3 Å². The van der Waals surface area contributed by atoms with Crippen LogP contribution in [-0.2, 0) is 6.61 Å². The van der Waals surface area contributed by atoms with Crippen LogP contribution in [0.15, 0.2) is 39.9 Å². The van der Waals surface area contributed by atoms with Crippen molar-refractivity contribution in [3.8, 4) is 11.6 Å². The molecule has 0 aromatic carbocycles. The van der Waals surface area contributed by atoms with Gasteiger partial charge in [-0.3, -0.25) is 0 Å². The summed E-state index contributed by atoms with van der Waals surface area (Å²) < 4.78 is 16.4. The first-order valence-electron chi connectivity index (χ1n) is 6.87. The maximum absolute atomic E-state index is 11.2. The van der Waals surface area contributed by atoms with Gasteiger partial charge in [-0.15, -0.1) is 0 Å². The third kappa shape index (κ3) is 3.58. The van der Waals surface area contributed by atoms with Crippen molar-refractivity contribution in [2.75, 3.05) is 7.11 Å². The Morgan fingerprint density at radius 3 is 3.00 bits per heavy atom. The molecule has 0 atom stereocenters.